The molecule has 9 nitrogen and oxygen atoms in total. The van der Waals surface area contributed by atoms with Gasteiger partial charge in [0.1, 0.15) is 0 Å². The molecule has 3 aromatic carbocycles. The Morgan fingerprint density at radius 2 is 0.985 bits per heavy atom. The molecule has 346 valence electrons. The Balaban J connectivity index is 0.000000119. The van der Waals surface area contributed by atoms with Crippen LogP contribution in [0.2, 0.25) is 0 Å². The summed E-state index contributed by atoms with van der Waals surface area (Å²) in [4.78, 5) is 35.8. The average molecular weight is 903 g/mol. The normalized spacial score (nSPS) is 25.8. The molecule has 0 aliphatic heterocycles. The molecular formula is C59H62N6O3. The van der Waals surface area contributed by atoms with Gasteiger partial charge in [0.2, 0.25) is 0 Å². The minimum absolute atomic E-state index is 0.0927. The van der Waals surface area contributed by atoms with Gasteiger partial charge in [-0.25, -0.2) is 0 Å². The Bertz CT molecular complexity index is 3110. The van der Waals surface area contributed by atoms with Crippen molar-refractivity contribution in [3.63, 3.8) is 0 Å². The summed E-state index contributed by atoms with van der Waals surface area (Å²) in [5.41, 5.74) is 15.0. The molecule has 5 atom stereocenters. The maximum atomic E-state index is 12.4. The van der Waals surface area contributed by atoms with Gasteiger partial charge in [-0.2, -0.15) is 15.3 Å². The molecule has 68 heavy (non-hydrogen) atoms. The summed E-state index contributed by atoms with van der Waals surface area (Å²) >= 11 is 0. The van der Waals surface area contributed by atoms with E-state index in [1.165, 1.54) is 56.0 Å². The number of carbonyl (C=O) groups is 3. The van der Waals surface area contributed by atoms with Crippen molar-refractivity contribution in [1.29, 1.82) is 0 Å². The number of carbonyl (C=O) groups excluding carboxylic acids is 3. The first kappa shape index (κ1) is 45.1. The van der Waals surface area contributed by atoms with Crippen LogP contribution in [0.15, 0.2) is 139 Å². The van der Waals surface area contributed by atoms with Crippen LogP contribution in [-0.2, 0) is 71.0 Å². The number of aromatic nitrogens is 6. The second-order valence-electron chi connectivity index (χ2n) is 20.9. The average Bonchev–Trinajstić information content (AvgIpc) is 4.00. The van der Waals surface area contributed by atoms with E-state index in [0.717, 1.165) is 55.6 Å². The highest BCUT2D eigenvalue weighted by atomic mass is 16.1. The topological polar surface area (TPSA) is 105 Å². The van der Waals surface area contributed by atoms with Crippen molar-refractivity contribution >= 4 is 17.3 Å². The Labute approximate surface area is 400 Å². The standard InChI is InChI=1S/C21H24N2O.C19H20N2O.C19H18N2O/c1-20(2)16-11-10-15-18(14-8-6-5-7-9-14)23(4)22-19(15)21(16,3)13-12-17(20)24;2*1-19-11-10-15(22)12-14(19)8-9-16-17(21(2)20-18(16)19)13-6-4-3-5-7-13/h5-9,12-13,16H,10-11H2,1-4H3;3-7,10-11,14H,8-9,12H2,1-2H3;3-7,10-12H,8-9H2,1-2H3/t16-,21-;14-,19-;19-/m000/s1. The lowest BCUT2D eigenvalue weighted by Crippen LogP contribution is -2.49. The molecule has 9 heteroatoms. The maximum absolute atomic E-state index is 12.4. The fraction of sp³-hybridized carbons (Fsp3) is 0.356. The molecule has 0 radical (unpaired) electrons. The minimum Gasteiger partial charge on any atom is -0.295 e. The number of benzene rings is 3. The fourth-order valence-corrected chi connectivity index (χ4v) is 12.7. The van der Waals surface area contributed by atoms with Gasteiger partial charge in [-0.05, 0) is 81.6 Å². The summed E-state index contributed by atoms with van der Waals surface area (Å²) in [6, 6.07) is 31.4. The van der Waals surface area contributed by atoms with Crippen LogP contribution in [0.1, 0.15) is 94.1 Å². The second kappa shape index (κ2) is 16.8. The first-order valence-electron chi connectivity index (χ1n) is 24.3. The van der Waals surface area contributed by atoms with Crippen LogP contribution in [0.5, 0.6) is 0 Å². The zero-order valence-corrected chi connectivity index (χ0v) is 40.7. The number of hydrogen-bond acceptors (Lipinski definition) is 6. The highest BCUT2D eigenvalue weighted by molar-refractivity contribution is 6.02. The van der Waals surface area contributed by atoms with Crippen LogP contribution in [0.4, 0.5) is 0 Å². The van der Waals surface area contributed by atoms with Crippen molar-refractivity contribution in [2.45, 2.75) is 95.8 Å². The van der Waals surface area contributed by atoms with Gasteiger partial charge < -0.3 is 0 Å². The number of ketones is 3. The monoisotopic (exact) mass is 902 g/mol. The highest BCUT2D eigenvalue weighted by Crippen LogP contribution is 2.54. The van der Waals surface area contributed by atoms with Gasteiger partial charge in [-0.3, -0.25) is 28.4 Å². The van der Waals surface area contributed by atoms with Crippen LogP contribution in [-0.4, -0.2) is 46.7 Å². The van der Waals surface area contributed by atoms with Crippen molar-refractivity contribution in [2.24, 2.45) is 38.4 Å². The molecule has 0 N–H and O–H groups in total. The van der Waals surface area contributed by atoms with E-state index in [9.17, 15) is 14.4 Å². The van der Waals surface area contributed by atoms with E-state index in [1.54, 1.807) is 24.3 Å². The van der Waals surface area contributed by atoms with Crippen LogP contribution in [0.3, 0.4) is 0 Å². The number of nitrogens with zero attached hydrogens (tertiary/aromatic N) is 6. The summed E-state index contributed by atoms with van der Waals surface area (Å²) in [5.74, 6) is 1.28. The van der Waals surface area contributed by atoms with Crippen molar-refractivity contribution < 1.29 is 14.4 Å². The summed E-state index contributed by atoms with van der Waals surface area (Å²) in [6.07, 6.45) is 19.8. The molecule has 6 aliphatic rings. The molecule has 0 spiro atoms. The Morgan fingerprint density at radius 3 is 1.53 bits per heavy atom. The van der Waals surface area contributed by atoms with Gasteiger partial charge in [0.05, 0.1) is 39.6 Å². The van der Waals surface area contributed by atoms with E-state index in [-0.39, 0.29) is 39.0 Å². The van der Waals surface area contributed by atoms with E-state index < -0.39 is 0 Å². The van der Waals surface area contributed by atoms with E-state index in [0.29, 0.717) is 18.3 Å². The van der Waals surface area contributed by atoms with Crippen LogP contribution in [0, 0.1) is 17.3 Å². The Hall–Kier alpha value is -6.74. The maximum Gasteiger partial charge on any atom is 0.178 e. The van der Waals surface area contributed by atoms with E-state index in [4.69, 9.17) is 15.3 Å². The number of rotatable bonds is 3. The SMILES string of the molecule is Cn1nc2c(c1-c1ccccc1)CCC1=CC(=O)C=C[C@@]12C.Cn1nc2c(c1-c1ccccc1)CC[C@H]1C(C)(C)C(=O)C=C[C@]21C.Cn1nc2c(c1-c1ccccc1)CC[C@H]1CC(=O)C=C[C@]21C. The number of allylic oxidation sites excluding steroid dienone is 8. The quantitative estimate of drug-likeness (QED) is 0.175. The molecule has 0 fully saturated rings. The molecule has 0 bridgehead atoms. The number of aryl methyl sites for hydroxylation is 3. The molecule has 3 heterocycles. The zero-order chi connectivity index (χ0) is 47.8. The van der Waals surface area contributed by atoms with Crippen LogP contribution in [0.25, 0.3) is 33.8 Å². The third-order valence-corrected chi connectivity index (χ3v) is 16.4. The third-order valence-electron chi connectivity index (χ3n) is 16.4. The van der Waals surface area contributed by atoms with Gasteiger partial charge >= 0.3 is 0 Å². The Kier molecular flexibility index (Phi) is 11.1. The lowest BCUT2D eigenvalue weighted by atomic mass is 9.53. The van der Waals surface area contributed by atoms with Crippen molar-refractivity contribution in [3.05, 3.63) is 173 Å². The van der Waals surface area contributed by atoms with Crippen LogP contribution < -0.4 is 0 Å². The summed E-state index contributed by atoms with van der Waals surface area (Å²) in [6.45, 7) is 10.8. The van der Waals surface area contributed by atoms with E-state index >= 15 is 0 Å². The van der Waals surface area contributed by atoms with Gasteiger partial charge in [0.25, 0.3) is 0 Å². The van der Waals surface area contributed by atoms with E-state index in [1.807, 2.05) is 59.5 Å². The fourth-order valence-electron chi connectivity index (χ4n) is 12.7. The van der Waals surface area contributed by atoms with Gasteiger partial charge in [0.15, 0.2) is 17.3 Å². The molecule has 0 saturated carbocycles. The summed E-state index contributed by atoms with van der Waals surface area (Å²) < 4.78 is 6.02. The Morgan fingerprint density at radius 1 is 0.515 bits per heavy atom. The smallest absolute Gasteiger partial charge is 0.178 e. The molecular weight excluding hydrogens is 841 g/mol. The van der Waals surface area contributed by atoms with Gasteiger partial charge in [-0.15, -0.1) is 0 Å². The number of hydrogen-bond donors (Lipinski definition) is 0. The van der Waals surface area contributed by atoms with Crippen molar-refractivity contribution in [2.75, 3.05) is 0 Å². The highest BCUT2D eigenvalue weighted by Gasteiger charge is 2.53. The first-order valence-corrected chi connectivity index (χ1v) is 24.3. The zero-order valence-electron chi connectivity index (χ0n) is 40.7. The molecule has 12 rings (SSSR count). The molecule has 0 unspecified atom stereocenters. The minimum atomic E-state index is -0.328. The third kappa shape index (κ3) is 7.28. The van der Waals surface area contributed by atoms with Crippen molar-refractivity contribution in [3.8, 4) is 33.8 Å². The number of fused-ring (bicyclic) bond motifs is 9. The predicted molar refractivity (Wildman–Crippen MR) is 269 cm³/mol. The molecule has 6 aromatic rings. The molecule has 0 amide bonds. The summed E-state index contributed by atoms with van der Waals surface area (Å²) in [7, 11) is 6.06. The van der Waals surface area contributed by atoms with Gasteiger partial charge in [0, 0.05) is 77.2 Å². The summed E-state index contributed by atoms with van der Waals surface area (Å²) in [5, 5.41) is 14.6. The molecule has 0 saturated heterocycles. The van der Waals surface area contributed by atoms with Gasteiger partial charge in [-0.1, -0.05) is 142 Å². The van der Waals surface area contributed by atoms with E-state index in [2.05, 4.69) is 120 Å². The predicted octanol–water partition coefficient (Wildman–Crippen LogP) is 10.9. The molecule has 6 aliphatic carbocycles. The van der Waals surface area contributed by atoms with Crippen LogP contribution >= 0.6 is 0 Å². The largest absolute Gasteiger partial charge is 0.295 e. The molecule has 3 aromatic heterocycles. The second-order valence-corrected chi connectivity index (χ2v) is 20.9. The first-order chi connectivity index (χ1) is 32.5. The lowest BCUT2D eigenvalue weighted by Gasteiger charge is -2.48. The van der Waals surface area contributed by atoms with Crippen molar-refractivity contribution in [1.82, 2.24) is 29.3 Å². The lowest BCUT2D eigenvalue weighted by molar-refractivity contribution is -0.127.